The quantitative estimate of drug-likeness (QED) is 0.471. The summed E-state index contributed by atoms with van der Waals surface area (Å²) in [5.41, 5.74) is -0.712. The van der Waals surface area contributed by atoms with Crippen LogP contribution in [0.3, 0.4) is 0 Å². The Labute approximate surface area is 132 Å². The molecule has 0 bridgehead atoms. The zero-order valence-corrected chi connectivity index (χ0v) is 13.0. The highest BCUT2D eigenvalue weighted by Gasteiger charge is 2.05. The minimum absolute atomic E-state index is 0.210. The Kier molecular flexibility index (Phi) is 4.80. The molecule has 0 aliphatic carbocycles. The van der Waals surface area contributed by atoms with Gasteiger partial charge < -0.3 is 14.0 Å². The molecule has 1 aromatic heterocycles. The molecule has 0 N–H and O–H groups in total. The Hall–Kier alpha value is -3.09. The van der Waals surface area contributed by atoms with Gasteiger partial charge in [-0.25, -0.2) is 9.59 Å². The highest BCUT2D eigenvalue weighted by atomic mass is 16.5. The van der Waals surface area contributed by atoms with E-state index in [4.69, 9.17) is 9.47 Å². The van der Waals surface area contributed by atoms with Gasteiger partial charge in [-0.1, -0.05) is 0 Å². The number of carbonyl (C=O) groups excluding carboxylic acids is 1. The first kappa shape index (κ1) is 16.3. The fourth-order valence-corrected chi connectivity index (χ4v) is 1.90. The largest absolute Gasteiger partial charge is 0.497 e. The molecule has 0 saturated heterocycles. The van der Waals surface area contributed by atoms with Gasteiger partial charge in [-0.05, 0) is 30.3 Å². The molecule has 7 nitrogen and oxygen atoms in total. The fourth-order valence-electron chi connectivity index (χ4n) is 1.90. The minimum Gasteiger partial charge on any atom is -0.497 e. The van der Waals surface area contributed by atoms with E-state index in [0.29, 0.717) is 11.5 Å². The van der Waals surface area contributed by atoms with Crippen molar-refractivity contribution in [1.82, 2.24) is 9.13 Å². The van der Waals surface area contributed by atoms with E-state index < -0.39 is 17.2 Å². The lowest BCUT2D eigenvalue weighted by Crippen LogP contribution is -2.37. The van der Waals surface area contributed by atoms with Crippen LogP contribution in [0.15, 0.2) is 46.1 Å². The summed E-state index contributed by atoms with van der Waals surface area (Å²) in [6.07, 6.45) is 3.81. The zero-order valence-electron chi connectivity index (χ0n) is 13.0. The van der Waals surface area contributed by atoms with Crippen LogP contribution in [-0.4, -0.2) is 22.2 Å². The number of aryl methyl sites for hydroxylation is 1. The van der Waals surface area contributed by atoms with E-state index in [1.54, 1.807) is 24.3 Å². The van der Waals surface area contributed by atoms with Gasteiger partial charge in [0.1, 0.15) is 11.5 Å². The van der Waals surface area contributed by atoms with Crippen molar-refractivity contribution in [3.8, 4) is 11.5 Å². The molecule has 2 rings (SSSR count). The molecule has 0 aliphatic rings. The molecule has 0 saturated carbocycles. The van der Waals surface area contributed by atoms with E-state index in [9.17, 15) is 14.4 Å². The van der Waals surface area contributed by atoms with Crippen molar-refractivity contribution in [3.05, 3.63) is 62.9 Å². The number of nitrogens with zero attached hydrogens (tertiary/aromatic N) is 2. The summed E-state index contributed by atoms with van der Waals surface area (Å²) in [6, 6.07) is 6.51. The zero-order chi connectivity index (χ0) is 17.0. The molecule has 23 heavy (non-hydrogen) atoms. The van der Waals surface area contributed by atoms with Crippen LogP contribution in [0.2, 0.25) is 0 Å². The third-order valence-corrected chi connectivity index (χ3v) is 3.15. The molecule has 0 unspecified atom stereocenters. The summed E-state index contributed by atoms with van der Waals surface area (Å²) in [5, 5.41) is 0. The topological polar surface area (TPSA) is 79.5 Å². The molecule has 0 spiro atoms. The van der Waals surface area contributed by atoms with E-state index in [1.165, 1.54) is 38.0 Å². The molecule has 0 amide bonds. The summed E-state index contributed by atoms with van der Waals surface area (Å²) in [4.78, 5) is 35.3. The molecular formula is C16H16N2O5. The average molecular weight is 316 g/mol. The van der Waals surface area contributed by atoms with E-state index in [-0.39, 0.29) is 5.56 Å². The van der Waals surface area contributed by atoms with Crippen molar-refractivity contribution in [2.24, 2.45) is 14.1 Å². The van der Waals surface area contributed by atoms with Gasteiger partial charge in [-0.15, -0.1) is 0 Å². The maximum atomic E-state index is 11.9. The monoisotopic (exact) mass is 316 g/mol. The van der Waals surface area contributed by atoms with E-state index >= 15 is 0 Å². The van der Waals surface area contributed by atoms with Crippen molar-refractivity contribution < 1.29 is 14.3 Å². The summed E-state index contributed by atoms with van der Waals surface area (Å²) < 4.78 is 12.3. The van der Waals surface area contributed by atoms with Gasteiger partial charge in [-0.3, -0.25) is 9.36 Å². The van der Waals surface area contributed by atoms with Crippen LogP contribution in [0, 0.1) is 0 Å². The van der Waals surface area contributed by atoms with Crippen molar-refractivity contribution in [3.63, 3.8) is 0 Å². The first-order valence-corrected chi connectivity index (χ1v) is 6.73. The standard InChI is InChI=1S/C16H16N2O5/c1-17-10-11(15(20)18(2)16(17)21)4-9-14(19)23-13-7-5-12(22-3)6-8-13/h4-10H,1-3H3/b9-4+. The number of ether oxygens (including phenoxy) is 2. The van der Waals surface area contributed by atoms with Crippen LogP contribution in [-0.2, 0) is 18.9 Å². The van der Waals surface area contributed by atoms with E-state index in [1.807, 2.05) is 0 Å². The highest BCUT2D eigenvalue weighted by Crippen LogP contribution is 2.17. The number of aromatic nitrogens is 2. The Balaban J connectivity index is 2.15. The summed E-state index contributed by atoms with van der Waals surface area (Å²) >= 11 is 0. The molecule has 0 aliphatic heterocycles. The van der Waals surface area contributed by atoms with Gasteiger partial charge in [0.25, 0.3) is 5.56 Å². The van der Waals surface area contributed by atoms with Crippen molar-refractivity contribution in [2.75, 3.05) is 7.11 Å². The number of rotatable bonds is 4. The fraction of sp³-hybridized carbons (Fsp3) is 0.188. The van der Waals surface area contributed by atoms with Crippen molar-refractivity contribution >= 4 is 12.0 Å². The van der Waals surface area contributed by atoms with Gasteiger partial charge in [0.2, 0.25) is 0 Å². The Morgan fingerprint density at radius 2 is 1.70 bits per heavy atom. The normalized spacial score (nSPS) is 10.7. The maximum absolute atomic E-state index is 11.9. The van der Waals surface area contributed by atoms with E-state index in [2.05, 4.69) is 0 Å². The molecule has 1 heterocycles. The smallest absolute Gasteiger partial charge is 0.336 e. The number of methoxy groups -OCH3 is 1. The molecule has 1 aromatic carbocycles. The molecular weight excluding hydrogens is 300 g/mol. The lowest BCUT2D eigenvalue weighted by Gasteiger charge is -2.04. The van der Waals surface area contributed by atoms with Gasteiger partial charge in [0.15, 0.2) is 0 Å². The van der Waals surface area contributed by atoms with Crippen molar-refractivity contribution in [2.45, 2.75) is 0 Å². The Morgan fingerprint density at radius 1 is 1.09 bits per heavy atom. The number of hydrogen-bond acceptors (Lipinski definition) is 5. The number of carbonyl (C=O) groups is 1. The van der Waals surface area contributed by atoms with Crippen LogP contribution in [0.1, 0.15) is 5.56 Å². The molecule has 0 fully saturated rings. The molecule has 0 atom stereocenters. The molecule has 2 aromatic rings. The first-order chi connectivity index (χ1) is 10.9. The van der Waals surface area contributed by atoms with Gasteiger partial charge in [-0.2, -0.15) is 0 Å². The van der Waals surface area contributed by atoms with E-state index in [0.717, 1.165) is 10.6 Å². The first-order valence-electron chi connectivity index (χ1n) is 6.73. The number of esters is 1. The summed E-state index contributed by atoms with van der Waals surface area (Å²) in [7, 11) is 4.43. The van der Waals surface area contributed by atoms with Crippen molar-refractivity contribution in [1.29, 1.82) is 0 Å². The predicted molar refractivity (Wildman–Crippen MR) is 84.6 cm³/mol. The summed E-state index contributed by atoms with van der Waals surface area (Å²) in [6.45, 7) is 0. The second kappa shape index (κ2) is 6.78. The summed E-state index contributed by atoms with van der Waals surface area (Å²) in [5.74, 6) is 0.369. The van der Waals surface area contributed by atoms with Crippen LogP contribution in [0.5, 0.6) is 11.5 Å². The van der Waals surface area contributed by atoms with Crippen LogP contribution in [0.4, 0.5) is 0 Å². The third-order valence-electron chi connectivity index (χ3n) is 3.15. The van der Waals surface area contributed by atoms with Crippen LogP contribution < -0.4 is 20.7 Å². The second-order valence-electron chi connectivity index (χ2n) is 4.77. The molecule has 7 heteroatoms. The SMILES string of the molecule is COc1ccc(OC(=O)/C=C/c2cn(C)c(=O)n(C)c2=O)cc1. The maximum Gasteiger partial charge on any atom is 0.336 e. The highest BCUT2D eigenvalue weighted by molar-refractivity contribution is 5.88. The number of benzene rings is 1. The Morgan fingerprint density at radius 3 is 2.30 bits per heavy atom. The molecule has 0 radical (unpaired) electrons. The van der Waals surface area contributed by atoms with Gasteiger partial charge in [0.05, 0.1) is 12.7 Å². The van der Waals surface area contributed by atoms with Gasteiger partial charge in [0, 0.05) is 26.4 Å². The van der Waals surface area contributed by atoms with Gasteiger partial charge >= 0.3 is 11.7 Å². The average Bonchev–Trinajstić information content (AvgIpc) is 2.55. The number of hydrogen-bond donors (Lipinski definition) is 0. The lowest BCUT2D eigenvalue weighted by atomic mass is 10.3. The Bertz CT molecular complexity index is 860. The van der Waals surface area contributed by atoms with Crippen LogP contribution in [0.25, 0.3) is 6.08 Å². The minimum atomic E-state index is -0.633. The molecule has 120 valence electrons. The lowest BCUT2D eigenvalue weighted by molar-refractivity contribution is -0.128. The second-order valence-corrected chi connectivity index (χ2v) is 4.77. The third kappa shape index (κ3) is 3.76. The van der Waals surface area contributed by atoms with Crippen LogP contribution >= 0.6 is 0 Å². The predicted octanol–water partition coefficient (Wildman–Crippen LogP) is 0.711.